The number of benzene rings is 2. The van der Waals surface area contributed by atoms with E-state index < -0.39 is 0 Å². The summed E-state index contributed by atoms with van der Waals surface area (Å²) >= 11 is 0. The second-order valence-corrected chi connectivity index (χ2v) is 8.43. The van der Waals surface area contributed by atoms with Gasteiger partial charge in [-0.2, -0.15) is 0 Å². The molecule has 188 valence electrons. The van der Waals surface area contributed by atoms with Gasteiger partial charge in [0, 0.05) is 51.8 Å². The summed E-state index contributed by atoms with van der Waals surface area (Å²) in [5, 5.41) is 5.52. The average molecular weight is 492 g/mol. The van der Waals surface area contributed by atoms with E-state index in [1.54, 1.807) is 31.4 Å². The monoisotopic (exact) mass is 491 g/mol. The fourth-order valence-electron chi connectivity index (χ4n) is 4.25. The largest absolute Gasteiger partial charge is 0.496 e. The van der Waals surface area contributed by atoms with Crippen LogP contribution in [0.15, 0.2) is 60.7 Å². The highest BCUT2D eigenvalue weighted by Gasteiger charge is 2.25. The SMILES string of the molecule is COc1ccccc1-c1ccc(C(=O)NCCNC(C)=O)c(N2CCN(c3ccccc3F)CC2)n1. The summed E-state index contributed by atoms with van der Waals surface area (Å²) in [5.74, 6) is 0.574. The number of ether oxygens (including phenoxy) is 1. The molecule has 0 aliphatic carbocycles. The summed E-state index contributed by atoms with van der Waals surface area (Å²) in [6.07, 6.45) is 0. The number of anilines is 2. The molecule has 36 heavy (non-hydrogen) atoms. The van der Waals surface area contributed by atoms with Gasteiger partial charge in [-0.25, -0.2) is 9.37 Å². The predicted molar refractivity (Wildman–Crippen MR) is 138 cm³/mol. The van der Waals surface area contributed by atoms with Crippen molar-refractivity contribution in [3.05, 3.63) is 72.0 Å². The molecule has 2 amide bonds. The number of nitrogens with one attached hydrogen (secondary N) is 2. The number of piperazine rings is 1. The molecule has 0 radical (unpaired) electrons. The van der Waals surface area contributed by atoms with E-state index >= 15 is 0 Å². The lowest BCUT2D eigenvalue weighted by Crippen LogP contribution is -2.47. The zero-order valence-corrected chi connectivity index (χ0v) is 20.5. The third-order valence-electron chi connectivity index (χ3n) is 6.06. The van der Waals surface area contributed by atoms with Gasteiger partial charge >= 0.3 is 0 Å². The molecule has 8 nitrogen and oxygen atoms in total. The number of carbonyl (C=O) groups excluding carboxylic acids is 2. The maximum atomic E-state index is 14.3. The number of pyridine rings is 1. The average Bonchev–Trinajstić information content (AvgIpc) is 2.91. The topological polar surface area (TPSA) is 86.8 Å². The summed E-state index contributed by atoms with van der Waals surface area (Å²) in [5.41, 5.74) is 2.53. The zero-order valence-electron chi connectivity index (χ0n) is 20.5. The Morgan fingerprint density at radius 1 is 0.917 bits per heavy atom. The lowest BCUT2D eigenvalue weighted by atomic mass is 10.1. The normalized spacial score (nSPS) is 13.3. The van der Waals surface area contributed by atoms with Crippen molar-refractivity contribution in [3.63, 3.8) is 0 Å². The molecule has 4 rings (SSSR count). The van der Waals surface area contributed by atoms with E-state index in [0.717, 1.165) is 5.56 Å². The fraction of sp³-hybridized carbons (Fsp3) is 0.296. The summed E-state index contributed by atoms with van der Waals surface area (Å²) in [4.78, 5) is 33.1. The molecule has 2 aromatic carbocycles. The standard InChI is InChI=1S/C27H30FN5O3/c1-19(34)29-13-14-30-27(35)21-11-12-23(20-7-3-6-10-25(20)36-2)31-26(21)33-17-15-32(16-18-33)24-9-5-4-8-22(24)28/h3-12H,13-18H2,1-2H3,(H,29,34)(H,30,35). The zero-order chi connectivity index (χ0) is 25.5. The highest BCUT2D eigenvalue weighted by atomic mass is 19.1. The Bertz CT molecular complexity index is 1230. The first kappa shape index (κ1) is 25.0. The number of nitrogens with zero attached hydrogens (tertiary/aromatic N) is 3. The van der Waals surface area contributed by atoms with Crippen molar-refractivity contribution in [1.29, 1.82) is 0 Å². The third kappa shape index (κ3) is 5.73. The highest BCUT2D eigenvalue weighted by molar-refractivity contribution is 5.99. The van der Waals surface area contributed by atoms with Gasteiger partial charge in [0.25, 0.3) is 5.91 Å². The van der Waals surface area contributed by atoms with Gasteiger partial charge in [0.15, 0.2) is 0 Å². The van der Waals surface area contributed by atoms with E-state index in [9.17, 15) is 14.0 Å². The molecule has 1 aliphatic heterocycles. The first-order valence-electron chi connectivity index (χ1n) is 11.9. The van der Waals surface area contributed by atoms with Crippen molar-refractivity contribution in [3.8, 4) is 17.0 Å². The molecular weight excluding hydrogens is 461 g/mol. The second kappa shape index (κ2) is 11.5. The van der Waals surface area contributed by atoms with Gasteiger partial charge < -0.3 is 25.2 Å². The summed E-state index contributed by atoms with van der Waals surface area (Å²) in [6.45, 7) is 4.39. The van der Waals surface area contributed by atoms with Crippen molar-refractivity contribution in [2.75, 3.05) is 56.2 Å². The highest BCUT2D eigenvalue weighted by Crippen LogP contribution is 2.32. The van der Waals surface area contributed by atoms with Crippen LogP contribution in [-0.2, 0) is 4.79 Å². The molecule has 0 bridgehead atoms. The number of halogens is 1. The molecule has 1 saturated heterocycles. The number of amides is 2. The van der Waals surface area contributed by atoms with Crippen LogP contribution in [0, 0.1) is 5.82 Å². The van der Waals surface area contributed by atoms with Crippen molar-refractivity contribution in [2.24, 2.45) is 0 Å². The molecule has 1 fully saturated rings. The minimum Gasteiger partial charge on any atom is -0.496 e. The molecule has 0 unspecified atom stereocenters. The van der Waals surface area contributed by atoms with Gasteiger partial charge in [-0.15, -0.1) is 0 Å². The molecular formula is C27H30FN5O3. The van der Waals surface area contributed by atoms with E-state index in [1.165, 1.54) is 13.0 Å². The lowest BCUT2D eigenvalue weighted by molar-refractivity contribution is -0.118. The molecule has 2 N–H and O–H groups in total. The molecule has 1 aliphatic rings. The number of para-hydroxylation sites is 2. The maximum Gasteiger partial charge on any atom is 0.255 e. The van der Waals surface area contributed by atoms with Crippen molar-refractivity contribution in [2.45, 2.75) is 6.92 Å². The minimum atomic E-state index is -0.272. The van der Waals surface area contributed by atoms with Gasteiger partial charge in [0.1, 0.15) is 17.4 Å². The first-order valence-corrected chi connectivity index (χ1v) is 11.9. The van der Waals surface area contributed by atoms with Crippen LogP contribution >= 0.6 is 0 Å². The lowest BCUT2D eigenvalue weighted by Gasteiger charge is -2.37. The van der Waals surface area contributed by atoms with Gasteiger partial charge in [-0.1, -0.05) is 24.3 Å². The van der Waals surface area contributed by atoms with Gasteiger partial charge in [0.2, 0.25) is 5.91 Å². The molecule has 0 saturated carbocycles. The maximum absolute atomic E-state index is 14.3. The molecule has 3 aromatic rings. The van der Waals surface area contributed by atoms with Crippen LogP contribution in [0.5, 0.6) is 5.75 Å². The number of methoxy groups -OCH3 is 1. The quantitative estimate of drug-likeness (QED) is 0.471. The number of rotatable bonds is 8. The Morgan fingerprint density at radius 3 is 2.31 bits per heavy atom. The van der Waals surface area contributed by atoms with Crippen LogP contribution in [-0.4, -0.2) is 63.2 Å². The molecule has 2 heterocycles. The summed E-state index contributed by atoms with van der Waals surface area (Å²) in [6, 6.07) is 17.9. The Balaban J connectivity index is 1.60. The number of hydrogen-bond acceptors (Lipinski definition) is 6. The van der Waals surface area contributed by atoms with Gasteiger partial charge in [0.05, 0.1) is 24.1 Å². The smallest absolute Gasteiger partial charge is 0.255 e. The third-order valence-corrected chi connectivity index (χ3v) is 6.06. The Morgan fingerprint density at radius 2 is 1.58 bits per heavy atom. The van der Waals surface area contributed by atoms with Crippen molar-refractivity contribution >= 4 is 23.3 Å². The number of hydrogen-bond donors (Lipinski definition) is 2. The minimum absolute atomic E-state index is 0.152. The Kier molecular flexibility index (Phi) is 7.99. The predicted octanol–water partition coefficient (Wildman–Crippen LogP) is 3.09. The molecule has 0 atom stereocenters. The van der Waals surface area contributed by atoms with Crippen molar-refractivity contribution < 1.29 is 18.7 Å². The van der Waals surface area contributed by atoms with E-state index in [4.69, 9.17) is 9.72 Å². The first-order chi connectivity index (χ1) is 17.5. The van der Waals surface area contributed by atoms with Crippen LogP contribution in [0.3, 0.4) is 0 Å². The van der Waals surface area contributed by atoms with E-state index in [1.807, 2.05) is 35.2 Å². The van der Waals surface area contributed by atoms with Crippen LogP contribution in [0.4, 0.5) is 15.9 Å². The van der Waals surface area contributed by atoms with Gasteiger partial charge in [-0.3, -0.25) is 9.59 Å². The van der Waals surface area contributed by atoms with E-state index in [2.05, 4.69) is 15.5 Å². The van der Waals surface area contributed by atoms with E-state index in [-0.39, 0.29) is 17.6 Å². The number of carbonyl (C=O) groups is 2. The van der Waals surface area contributed by atoms with E-state index in [0.29, 0.717) is 67.8 Å². The Labute approximate surface area is 210 Å². The molecule has 1 aromatic heterocycles. The molecule has 0 spiro atoms. The van der Waals surface area contributed by atoms with Crippen LogP contribution in [0.1, 0.15) is 17.3 Å². The molecule has 9 heteroatoms. The second-order valence-electron chi connectivity index (χ2n) is 8.43. The number of aromatic nitrogens is 1. The summed E-state index contributed by atoms with van der Waals surface area (Å²) < 4.78 is 19.8. The van der Waals surface area contributed by atoms with Gasteiger partial charge in [-0.05, 0) is 36.4 Å². The Hall–Kier alpha value is -4.14. The fourth-order valence-corrected chi connectivity index (χ4v) is 4.25. The van der Waals surface area contributed by atoms with Crippen LogP contribution < -0.4 is 25.2 Å². The van der Waals surface area contributed by atoms with Crippen LogP contribution in [0.2, 0.25) is 0 Å². The van der Waals surface area contributed by atoms with Crippen LogP contribution in [0.25, 0.3) is 11.3 Å². The summed E-state index contributed by atoms with van der Waals surface area (Å²) in [7, 11) is 1.61. The van der Waals surface area contributed by atoms with Crippen molar-refractivity contribution in [1.82, 2.24) is 15.6 Å².